The summed E-state index contributed by atoms with van der Waals surface area (Å²) in [4.78, 5) is 23.6. The van der Waals surface area contributed by atoms with Crippen molar-refractivity contribution in [2.45, 2.75) is 19.6 Å². The highest BCUT2D eigenvalue weighted by molar-refractivity contribution is 6.15. The molecule has 3 rings (SSSR count). The Morgan fingerprint density at radius 3 is 1.59 bits per heavy atom. The zero-order valence-electron chi connectivity index (χ0n) is 14.4. The number of nitrogens with one attached hydrogen (secondary N) is 1. The molecule has 1 aliphatic rings. The molecule has 29 heavy (non-hydrogen) atoms. The van der Waals surface area contributed by atoms with Crippen LogP contribution in [0.3, 0.4) is 0 Å². The fourth-order valence-electron chi connectivity index (χ4n) is 2.53. The van der Waals surface area contributed by atoms with Gasteiger partial charge in [-0.15, -0.1) is 0 Å². The predicted octanol–water partition coefficient (Wildman–Crippen LogP) is 3.95. The second-order valence-corrected chi connectivity index (χ2v) is 6.20. The van der Waals surface area contributed by atoms with Gasteiger partial charge in [-0.3, -0.25) is 0 Å². The maximum atomic E-state index is 14.5. The lowest BCUT2D eigenvalue weighted by molar-refractivity contribution is -0.222. The summed E-state index contributed by atoms with van der Waals surface area (Å²) in [7, 11) is 0. The van der Waals surface area contributed by atoms with Crippen LogP contribution < -0.4 is 5.32 Å². The van der Waals surface area contributed by atoms with E-state index in [-0.39, 0.29) is 0 Å². The van der Waals surface area contributed by atoms with Crippen LogP contribution in [0, 0.1) is 40.7 Å². The van der Waals surface area contributed by atoms with Gasteiger partial charge in [-0.2, -0.15) is 0 Å². The first-order valence-electron chi connectivity index (χ1n) is 7.62. The Morgan fingerprint density at radius 2 is 1.10 bits per heavy atom. The first kappa shape index (κ1) is 20.4. The number of hydrogen-bond acceptors (Lipinski definition) is 5. The molecule has 0 aliphatic carbocycles. The van der Waals surface area contributed by atoms with E-state index in [0.29, 0.717) is 6.20 Å². The molecule has 1 saturated heterocycles. The van der Waals surface area contributed by atoms with Crippen molar-refractivity contribution >= 4 is 28.4 Å². The van der Waals surface area contributed by atoms with Crippen molar-refractivity contribution < 1.29 is 49.8 Å². The van der Waals surface area contributed by atoms with Gasteiger partial charge in [-0.05, 0) is 0 Å². The summed E-state index contributed by atoms with van der Waals surface area (Å²) >= 11 is 0. The monoisotopic (exact) mass is 423 g/mol. The third-order valence-corrected chi connectivity index (χ3v) is 3.82. The molecular weight excluding hydrogens is 415 g/mol. The molecule has 0 spiro atoms. The van der Waals surface area contributed by atoms with E-state index in [9.17, 15) is 40.3 Å². The fraction of sp³-hybridized carbons (Fsp3) is 0.176. The number of cyclic esters (lactones) is 2. The van der Waals surface area contributed by atoms with E-state index < -0.39 is 80.5 Å². The minimum Gasteiger partial charge on any atom is -0.419 e. The Kier molecular flexibility index (Phi) is 4.67. The summed E-state index contributed by atoms with van der Waals surface area (Å²) in [6.07, 6.45) is 0.362. The number of hydrogen-bond donors (Lipinski definition) is 1. The lowest BCUT2D eigenvalue weighted by Crippen LogP contribution is -2.42. The van der Waals surface area contributed by atoms with Crippen molar-refractivity contribution in [1.82, 2.24) is 0 Å². The third kappa shape index (κ3) is 3.13. The van der Waals surface area contributed by atoms with Crippen LogP contribution in [-0.4, -0.2) is 17.7 Å². The first-order valence-corrected chi connectivity index (χ1v) is 7.62. The number of rotatable bonds is 2. The summed E-state index contributed by atoms with van der Waals surface area (Å²) in [5.41, 5.74) is -2.42. The molecule has 0 atom stereocenters. The highest BCUT2D eigenvalue weighted by Gasteiger charge is 2.39. The highest BCUT2D eigenvalue weighted by atomic mass is 19.2. The van der Waals surface area contributed by atoms with Crippen LogP contribution in [-0.2, 0) is 19.1 Å². The van der Waals surface area contributed by atoms with Crippen molar-refractivity contribution in [3.8, 4) is 0 Å². The number of fused-ring (bicyclic) bond motifs is 1. The zero-order valence-corrected chi connectivity index (χ0v) is 14.4. The van der Waals surface area contributed by atoms with Gasteiger partial charge in [0.25, 0.3) is 5.79 Å². The molecule has 5 nitrogen and oxygen atoms in total. The molecule has 154 valence electrons. The van der Waals surface area contributed by atoms with Crippen LogP contribution in [0.4, 0.5) is 36.4 Å². The average Bonchev–Trinajstić information content (AvgIpc) is 2.61. The standard InChI is InChI=1S/C17H8F7NO4/c1-17(2)28-15(26)4(16(27)29-17)3-25-14-10(21)6-5(9(20)13(14)24)7(18)11(22)12(23)8(6)19/h3,25H,1-2H3. The van der Waals surface area contributed by atoms with Crippen LogP contribution in [0.5, 0.6) is 0 Å². The molecule has 0 aromatic heterocycles. The minimum absolute atomic E-state index is 0.362. The topological polar surface area (TPSA) is 64.6 Å². The molecule has 1 fully saturated rings. The molecule has 12 heteroatoms. The molecule has 0 amide bonds. The van der Waals surface area contributed by atoms with Crippen LogP contribution in [0.15, 0.2) is 11.8 Å². The predicted molar refractivity (Wildman–Crippen MR) is 81.6 cm³/mol. The Bertz CT molecular complexity index is 1110. The second-order valence-electron chi connectivity index (χ2n) is 6.20. The molecule has 1 aliphatic heterocycles. The number of esters is 2. The van der Waals surface area contributed by atoms with Crippen molar-refractivity contribution in [3.63, 3.8) is 0 Å². The first-order chi connectivity index (χ1) is 13.4. The van der Waals surface area contributed by atoms with Crippen molar-refractivity contribution in [3.05, 3.63) is 52.5 Å². The molecule has 0 saturated carbocycles. The van der Waals surface area contributed by atoms with Gasteiger partial charge in [0.05, 0.1) is 10.8 Å². The van der Waals surface area contributed by atoms with Crippen LogP contribution >= 0.6 is 0 Å². The average molecular weight is 423 g/mol. The van der Waals surface area contributed by atoms with Crippen molar-refractivity contribution in [2.75, 3.05) is 5.32 Å². The summed E-state index contributed by atoms with van der Waals surface area (Å²) < 4.78 is 107. The Balaban J connectivity index is 2.17. The van der Waals surface area contributed by atoms with Gasteiger partial charge in [-0.1, -0.05) is 0 Å². The third-order valence-electron chi connectivity index (χ3n) is 3.82. The number of benzene rings is 2. The Labute approximate surface area is 156 Å². The number of carbonyl (C=O) groups is 2. The summed E-state index contributed by atoms with van der Waals surface area (Å²) in [5.74, 6) is -20.2. The van der Waals surface area contributed by atoms with Gasteiger partial charge in [0.15, 0.2) is 46.3 Å². The van der Waals surface area contributed by atoms with E-state index in [1.807, 2.05) is 0 Å². The van der Waals surface area contributed by atoms with Gasteiger partial charge in [0, 0.05) is 20.0 Å². The molecule has 0 radical (unpaired) electrons. The maximum Gasteiger partial charge on any atom is 0.350 e. The van der Waals surface area contributed by atoms with Crippen molar-refractivity contribution in [2.24, 2.45) is 0 Å². The number of ether oxygens (including phenoxy) is 2. The van der Waals surface area contributed by atoms with Crippen LogP contribution in [0.2, 0.25) is 0 Å². The van der Waals surface area contributed by atoms with Gasteiger partial charge < -0.3 is 14.8 Å². The largest absolute Gasteiger partial charge is 0.419 e. The van der Waals surface area contributed by atoms with E-state index in [4.69, 9.17) is 9.47 Å². The smallest absolute Gasteiger partial charge is 0.350 e. The molecule has 0 bridgehead atoms. The van der Waals surface area contributed by atoms with Gasteiger partial charge in [0.1, 0.15) is 5.69 Å². The van der Waals surface area contributed by atoms with E-state index in [0.717, 1.165) is 0 Å². The van der Waals surface area contributed by atoms with Crippen LogP contribution in [0.1, 0.15) is 13.8 Å². The summed E-state index contributed by atoms with van der Waals surface area (Å²) in [6, 6.07) is 0. The van der Waals surface area contributed by atoms with Gasteiger partial charge >= 0.3 is 11.9 Å². The summed E-state index contributed by atoms with van der Waals surface area (Å²) in [5, 5.41) is -1.83. The van der Waals surface area contributed by atoms with Crippen LogP contribution in [0.25, 0.3) is 10.8 Å². The normalized spacial score (nSPS) is 16.0. The second kappa shape index (κ2) is 6.64. The fourth-order valence-corrected chi connectivity index (χ4v) is 2.53. The van der Waals surface area contributed by atoms with Gasteiger partial charge in [0.2, 0.25) is 0 Å². The zero-order chi connectivity index (χ0) is 21.8. The molecule has 2 aromatic rings. The van der Waals surface area contributed by atoms with E-state index >= 15 is 0 Å². The Hall–Kier alpha value is -3.31. The van der Waals surface area contributed by atoms with E-state index in [1.165, 1.54) is 13.8 Å². The van der Waals surface area contributed by atoms with Gasteiger partial charge in [-0.25, -0.2) is 40.3 Å². The van der Waals surface area contributed by atoms with Crippen molar-refractivity contribution in [1.29, 1.82) is 0 Å². The molecule has 0 unspecified atom stereocenters. The molecule has 1 heterocycles. The quantitative estimate of drug-likeness (QED) is 0.198. The maximum absolute atomic E-state index is 14.5. The number of anilines is 1. The SMILES string of the molecule is CC1(C)OC(=O)C(=CNc2c(F)c(F)c3c(F)c(F)c(F)c(F)c3c2F)C(=O)O1. The molecule has 1 N–H and O–H groups in total. The lowest BCUT2D eigenvalue weighted by atomic mass is 10.1. The lowest BCUT2D eigenvalue weighted by Gasteiger charge is -2.29. The summed E-state index contributed by atoms with van der Waals surface area (Å²) in [6.45, 7) is 2.44. The minimum atomic E-state index is -2.47. The number of halogens is 7. The molecule has 2 aromatic carbocycles. The number of carbonyl (C=O) groups excluding carboxylic acids is 2. The van der Waals surface area contributed by atoms with E-state index in [1.54, 1.807) is 5.32 Å². The Morgan fingerprint density at radius 1 is 0.690 bits per heavy atom. The van der Waals surface area contributed by atoms with E-state index in [2.05, 4.69) is 0 Å². The molecular formula is C17H8F7NO4. The highest BCUT2D eigenvalue weighted by Crippen LogP contribution is 2.36.